The summed E-state index contributed by atoms with van der Waals surface area (Å²) < 4.78 is 0. The average Bonchev–Trinajstić information content (AvgIpc) is 2.39. The van der Waals surface area contributed by atoms with E-state index in [0.717, 1.165) is 23.1 Å². The maximum atomic E-state index is 4.21. The van der Waals surface area contributed by atoms with E-state index in [1.54, 1.807) is 12.4 Å². The number of nitrogens with zero attached hydrogens (tertiary/aromatic N) is 4. The molecule has 0 aromatic carbocycles. The molecule has 0 bridgehead atoms. The smallest absolute Gasteiger partial charge is 0.158 e. The molecule has 0 amide bonds. The molecule has 0 radical (unpaired) electrons. The Morgan fingerprint density at radius 3 is 3.22 bits per heavy atom. The van der Waals surface area contributed by atoms with E-state index in [-0.39, 0.29) is 0 Å². The zero-order chi connectivity index (χ0) is 12.4. The summed E-state index contributed by atoms with van der Waals surface area (Å²) in [5.41, 5.74) is 0. The van der Waals surface area contributed by atoms with Crippen molar-refractivity contribution in [2.45, 2.75) is 18.9 Å². The van der Waals surface area contributed by atoms with Crippen LogP contribution < -0.4 is 5.32 Å². The van der Waals surface area contributed by atoms with Gasteiger partial charge in [0.05, 0.1) is 6.20 Å². The van der Waals surface area contributed by atoms with Crippen LogP contribution in [0.4, 0.5) is 5.82 Å². The molecule has 1 N–H and O–H groups in total. The average molecular weight is 243 g/mol. The highest BCUT2D eigenvalue weighted by Gasteiger charge is 2.18. The molecule has 3 rings (SSSR count). The molecular formula is C13H17N5. The SMILES string of the molecule is CN1CCC[C@@H](Nc2nncc3ccncc23)C1. The van der Waals surface area contributed by atoms with E-state index in [1.165, 1.54) is 19.4 Å². The minimum absolute atomic E-state index is 0.448. The lowest BCUT2D eigenvalue weighted by atomic mass is 10.1. The topological polar surface area (TPSA) is 53.9 Å². The van der Waals surface area contributed by atoms with Crippen LogP contribution in [-0.4, -0.2) is 46.3 Å². The van der Waals surface area contributed by atoms with Gasteiger partial charge in [-0.2, -0.15) is 5.10 Å². The maximum Gasteiger partial charge on any atom is 0.158 e. The Labute approximate surface area is 106 Å². The van der Waals surface area contributed by atoms with Crippen molar-refractivity contribution in [3.63, 3.8) is 0 Å². The molecule has 0 unspecified atom stereocenters. The molecule has 0 saturated carbocycles. The van der Waals surface area contributed by atoms with Gasteiger partial charge in [0.25, 0.3) is 0 Å². The first-order chi connectivity index (χ1) is 8.83. The Kier molecular flexibility index (Phi) is 3.06. The highest BCUT2D eigenvalue weighted by atomic mass is 15.2. The number of anilines is 1. The van der Waals surface area contributed by atoms with Gasteiger partial charge in [-0.15, -0.1) is 5.10 Å². The fourth-order valence-electron chi connectivity index (χ4n) is 2.50. The van der Waals surface area contributed by atoms with Crippen LogP contribution in [0.3, 0.4) is 0 Å². The minimum atomic E-state index is 0.448. The van der Waals surface area contributed by atoms with Gasteiger partial charge in [0.15, 0.2) is 5.82 Å². The normalized spacial score (nSPS) is 21.1. The quantitative estimate of drug-likeness (QED) is 0.867. The van der Waals surface area contributed by atoms with Gasteiger partial charge in [-0.3, -0.25) is 4.98 Å². The standard InChI is InChI=1S/C13H17N5/c1-18-6-2-3-11(9-18)16-13-12-8-14-5-4-10(12)7-15-17-13/h4-5,7-8,11H,2-3,6,9H2,1H3,(H,16,17)/t11-/m1/s1. The van der Waals surface area contributed by atoms with Crippen LogP contribution >= 0.6 is 0 Å². The largest absolute Gasteiger partial charge is 0.364 e. The first kappa shape index (κ1) is 11.3. The Bertz CT molecular complexity index is 536. The fourth-order valence-corrected chi connectivity index (χ4v) is 2.50. The molecule has 3 heterocycles. The second kappa shape index (κ2) is 4.86. The van der Waals surface area contributed by atoms with Crippen LogP contribution in [0, 0.1) is 0 Å². The van der Waals surface area contributed by atoms with Crippen molar-refractivity contribution in [1.82, 2.24) is 20.1 Å². The molecule has 5 nitrogen and oxygen atoms in total. The van der Waals surface area contributed by atoms with Gasteiger partial charge >= 0.3 is 0 Å². The molecule has 5 heteroatoms. The van der Waals surface area contributed by atoms with Crippen LogP contribution in [0.25, 0.3) is 10.8 Å². The predicted octanol–water partition coefficient (Wildman–Crippen LogP) is 1.53. The number of nitrogens with one attached hydrogen (secondary N) is 1. The summed E-state index contributed by atoms with van der Waals surface area (Å²) >= 11 is 0. The van der Waals surface area contributed by atoms with E-state index in [4.69, 9.17) is 0 Å². The molecule has 18 heavy (non-hydrogen) atoms. The Morgan fingerprint density at radius 1 is 1.39 bits per heavy atom. The summed E-state index contributed by atoms with van der Waals surface area (Å²) in [5, 5.41) is 13.9. The maximum absolute atomic E-state index is 4.21. The Morgan fingerprint density at radius 2 is 2.33 bits per heavy atom. The third-order valence-electron chi connectivity index (χ3n) is 3.43. The number of piperidine rings is 1. The van der Waals surface area contributed by atoms with Gasteiger partial charge in [0, 0.05) is 35.8 Å². The summed E-state index contributed by atoms with van der Waals surface area (Å²) in [6, 6.07) is 2.41. The lowest BCUT2D eigenvalue weighted by Gasteiger charge is -2.30. The number of fused-ring (bicyclic) bond motifs is 1. The molecule has 0 aliphatic carbocycles. The number of rotatable bonds is 2. The molecule has 2 aromatic rings. The van der Waals surface area contributed by atoms with Crippen LogP contribution in [0.2, 0.25) is 0 Å². The zero-order valence-corrected chi connectivity index (χ0v) is 10.5. The van der Waals surface area contributed by atoms with Crippen molar-refractivity contribution in [1.29, 1.82) is 0 Å². The van der Waals surface area contributed by atoms with E-state index in [1.807, 2.05) is 12.3 Å². The summed E-state index contributed by atoms with van der Waals surface area (Å²) in [6.07, 6.45) is 7.81. The molecular weight excluding hydrogens is 226 g/mol. The lowest BCUT2D eigenvalue weighted by molar-refractivity contribution is 0.261. The number of aromatic nitrogens is 3. The lowest BCUT2D eigenvalue weighted by Crippen LogP contribution is -2.40. The number of likely N-dealkylation sites (N-methyl/N-ethyl adjacent to an activating group) is 1. The molecule has 1 aliphatic rings. The Hall–Kier alpha value is -1.75. The number of hydrogen-bond donors (Lipinski definition) is 1. The van der Waals surface area contributed by atoms with Crippen molar-refractivity contribution in [2.24, 2.45) is 0 Å². The van der Waals surface area contributed by atoms with Crippen molar-refractivity contribution in [3.8, 4) is 0 Å². The monoisotopic (exact) mass is 243 g/mol. The summed E-state index contributed by atoms with van der Waals surface area (Å²) in [5.74, 6) is 0.848. The molecule has 1 aliphatic heterocycles. The third kappa shape index (κ3) is 2.26. The van der Waals surface area contributed by atoms with Crippen LogP contribution in [0.1, 0.15) is 12.8 Å². The van der Waals surface area contributed by atoms with Gasteiger partial charge in [-0.25, -0.2) is 0 Å². The number of hydrogen-bond acceptors (Lipinski definition) is 5. The summed E-state index contributed by atoms with van der Waals surface area (Å²) in [4.78, 5) is 6.51. The van der Waals surface area contributed by atoms with E-state index in [2.05, 4.69) is 32.4 Å². The highest BCUT2D eigenvalue weighted by molar-refractivity contribution is 5.90. The zero-order valence-electron chi connectivity index (χ0n) is 10.5. The number of likely N-dealkylation sites (tertiary alicyclic amines) is 1. The van der Waals surface area contributed by atoms with Crippen LogP contribution in [0.15, 0.2) is 24.7 Å². The van der Waals surface area contributed by atoms with E-state index in [9.17, 15) is 0 Å². The molecule has 2 aromatic heterocycles. The van der Waals surface area contributed by atoms with Crippen molar-refractivity contribution >= 4 is 16.6 Å². The van der Waals surface area contributed by atoms with Gasteiger partial charge in [-0.05, 0) is 32.5 Å². The summed E-state index contributed by atoms with van der Waals surface area (Å²) in [7, 11) is 2.16. The number of pyridine rings is 1. The van der Waals surface area contributed by atoms with E-state index in [0.29, 0.717) is 6.04 Å². The van der Waals surface area contributed by atoms with Crippen molar-refractivity contribution < 1.29 is 0 Å². The van der Waals surface area contributed by atoms with Crippen LogP contribution in [-0.2, 0) is 0 Å². The third-order valence-corrected chi connectivity index (χ3v) is 3.43. The Balaban J connectivity index is 1.86. The van der Waals surface area contributed by atoms with Gasteiger partial charge in [-0.1, -0.05) is 0 Å². The molecule has 94 valence electrons. The molecule has 1 atom stereocenters. The first-order valence-corrected chi connectivity index (χ1v) is 6.33. The minimum Gasteiger partial charge on any atom is -0.364 e. The van der Waals surface area contributed by atoms with Crippen molar-refractivity contribution in [3.05, 3.63) is 24.7 Å². The highest BCUT2D eigenvalue weighted by Crippen LogP contribution is 2.21. The van der Waals surface area contributed by atoms with Gasteiger partial charge in [0.2, 0.25) is 0 Å². The predicted molar refractivity (Wildman–Crippen MR) is 71.5 cm³/mol. The van der Waals surface area contributed by atoms with E-state index < -0.39 is 0 Å². The molecule has 0 spiro atoms. The first-order valence-electron chi connectivity index (χ1n) is 6.33. The second-order valence-electron chi connectivity index (χ2n) is 4.90. The van der Waals surface area contributed by atoms with Gasteiger partial charge < -0.3 is 10.2 Å². The van der Waals surface area contributed by atoms with Crippen LogP contribution in [0.5, 0.6) is 0 Å². The summed E-state index contributed by atoms with van der Waals surface area (Å²) in [6.45, 7) is 2.24. The fraction of sp³-hybridized carbons (Fsp3) is 0.462. The van der Waals surface area contributed by atoms with E-state index >= 15 is 0 Å². The van der Waals surface area contributed by atoms with Crippen molar-refractivity contribution in [2.75, 3.05) is 25.5 Å². The second-order valence-corrected chi connectivity index (χ2v) is 4.90. The van der Waals surface area contributed by atoms with Gasteiger partial charge in [0.1, 0.15) is 0 Å². The molecule has 1 saturated heterocycles. The molecule has 1 fully saturated rings.